The minimum absolute atomic E-state index is 0.0125. The third-order valence-electron chi connectivity index (χ3n) is 5.38. The van der Waals surface area contributed by atoms with Crippen molar-refractivity contribution in [3.8, 4) is 16.9 Å². The highest BCUT2D eigenvalue weighted by Crippen LogP contribution is 2.29. The van der Waals surface area contributed by atoms with Crippen LogP contribution in [0.3, 0.4) is 0 Å². The quantitative estimate of drug-likeness (QED) is 0.489. The van der Waals surface area contributed by atoms with E-state index in [2.05, 4.69) is 5.10 Å². The lowest BCUT2D eigenvalue weighted by Gasteiger charge is -2.25. The lowest BCUT2D eigenvalue weighted by Crippen LogP contribution is -2.45. The fraction of sp³-hybridized carbons (Fsp3) is 0.364. The van der Waals surface area contributed by atoms with Gasteiger partial charge in [0, 0.05) is 36.0 Å². The molecule has 1 heterocycles. The minimum Gasteiger partial charge on any atom is -0.497 e. The normalized spacial score (nSPS) is 13.7. The maximum atomic E-state index is 14.4. The van der Waals surface area contributed by atoms with E-state index in [0.717, 1.165) is 11.6 Å². The summed E-state index contributed by atoms with van der Waals surface area (Å²) in [6.45, 7) is 3.29. The van der Waals surface area contributed by atoms with Crippen LogP contribution < -0.4 is 4.74 Å². The number of sulfone groups is 1. The lowest BCUT2D eigenvalue weighted by atomic mass is 10.0. The summed E-state index contributed by atoms with van der Waals surface area (Å²) in [5.41, 5.74) is 1.79. The van der Waals surface area contributed by atoms with Crippen LogP contribution in [0.2, 0.25) is 0 Å². The van der Waals surface area contributed by atoms with Gasteiger partial charge in [0.25, 0.3) is 0 Å². The monoisotopic (exact) mass is 448 g/mol. The maximum Gasteiger partial charge on any atom is 0.327 e. The second kappa shape index (κ2) is 8.66. The Labute approximate surface area is 180 Å². The average Bonchev–Trinajstić information content (AvgIpc) is 3.13. The van der Waals surface area contributed by atoms with Crippen LogP contribution in [0.4, 0.5) is 4.39 Å². The first kappa shape index (κ1) is 22.7. The van der Waals surface area contributed by atoms with Gasteiger partial charge < -0.3 is 9.47 Å². The molecule has 3 rings (SSSR count). The molecule has 0 saturated heterocycles. The van der Waals surface area contributed by atoms with E-state index in [1.54, 1.807) is 42.1 Å². The SMILES string of the molecule is CCOC(=O)[C@@](C)(CCn1cc2cc(-c3ccc(OC)cc3F)ccc2n1)S(C)(=O)=O. The van der Waals surface area contributed by atoms with Crippen molar-refractivity contribution < 1.29 is 27.1 Å². The van der Waals surface area contributed by atoms with Crippen LogP contribution in [-0.2, 0) is 25.9 Å². The Kier molecular flexibility index (Phi) is 6.35. The van der Waals surface area contributed by atoms with Crippen molar-refractivity contribution in [3.05, 3.63) is 48.4 Å². The molecule has 1 atom stereocenters. The predicted molar refractivity (Wildman–Crippen MR) is 116 cm³/mol. The molecule has 0 N–H and O–H groups in total. The Morgan fingerprint density at radius 2 is 1.97 bits per heavy atom. The number of carbonyl (C=O) groups excluding carboxylic acids is 1. The fourth-order valence-electron chi connectivity index (χ4n) is 3.27. The fourth-order valence-corrected chi connectivity index (χ4v) is 4.09. The highest BCUT2D eigenvalue weighted by Gasteiger charge is 2.44. The zero-order valence-corrected chi connectivity index (χ0v) is 18.7. The summed E-state index contributed by atoms with van der Waals surface area (Å²) in [7, 11) is -2.23. The number of benzene rings is 2. The van der Waals surface area contributed by atoms with Gasteiger partial charge in [-0.25, -0.2) is 12.8 Å². The second-order valence-corrected chi connectivity index (χ2v) is 9.93. The summed E-state index contributed by atoms with van der Waals surface area (Å²) in [6, 6.07) is 10.0. The molecule has 166 valence electrons. The summed E-state index contributed by atoms with van der Waals surface area (Å²) in [5.74, 6) is -0.735. The number of fused-ring (bicyclic) bond motifs is 1. The summed E-state index contributed by atoms with van der Waals surface area (Å²) >= 11 is 0. The van der Waals surface area contributed by atoms with Gasteiger partial charge in [0.15, 0.2) is 14.6 Å². The predicted octanol–water partition coefficient (Wildman–Crippen LogP) is 3.61. The van der Waals surface area contributed by atoms with E-state index in [0.29, 0.717) is 22.4 Å². The van der Waals surface area contributed by atoms with Crippen molar-refractivity contribution in [1.29, 1.82) is 0 Å². The summed E-state index contributed by atoms with van der Waals surface area (Å²) in [6.07, 6.45) is 2.78. The van der Waals surface area contributed by atoms with Crippen LogP contribution in [0.5, 0.6) is 5.75 Å². The molecule has 7 nitrogen and oxygen atoms in total. The molecule has 0 spiro atoms. The van der Waals surface area contributed by atoms with Crippen molar-refractivity contribution in [2.75, 3.05) is 20.0 Å². The molecular formula is C22H25FN2O5S. The number of nitrogens with zero attached hydrogens (tertiary/aromatic N) is 2. The molecule has 0 aliphatic carbocycles. The number of aromatic nitrogens is 2. The summed E-state index contributed by atoms with van der Waals surface area (Å²) in [5, 5.41) is 5.21. The van der Waals surface area contributed by atoms with Gasteiger partial charge in [0.1, 0.15) is 11.6 Å². The Balaban J connectivity index is 1.87. The number of aryl methyl sites for hydroxylation is 1. The van der Waals surface area contributed by atoms with E-state index in [9.17, 15) is 17.6 Å². The van der Waals surface area contributed by atoms with E-state index < -0.39 is 26.4 Å². The summed E-state index contributed by atoms with van der Waals surface area (Å²) < 4.78 is 48.9. The largest absolute Gasteiger partial charge is 0.497 e. The third kappa shape index (κ3) is 4.56. The lowest BCUT2D eigenvalue weighted by molar-refractivity contribution is -0.146. The Hall–Kier alpha value is -2.94. The van der Waals surface area contributed by atoms with Crippen molar-refractivity contribution in [1.82, 2.24) is 9.78 Å². The maximum absolute atomic E-state index is 14.4. The van der Waals surface area contributed by atoms with Crippen molar-refractivity contribution >= 4 is 26.7 Å². The second-order valence-electron chi connectivity index (χ2n) is 7.49. The van der Waals surface area contributed by atoms with E-state index in [-0.39, 0.29) is 19.6 Å². The molecular weight excluding hydrogens is 423 g/mol. The molecule has 1 aromatic heterocycles. The van der Waals surface area contributed by atoms with E-state index in [1.165, 1.54) is 20.1 Å². The molecule has 0 saturated carbocycles. The van der Waals surface area contributed by atoms with Crippen molar-refractivity contribution in [3.63, 3.8) is 0 Å². The van der Waals surface area contributed by atoms with E-state index in [1.807, 2.05) is 6.07 Å². The van der Waals surface area contributed by atoms with Crippen LogP contribution in [0, 0.1) is 5.82 Å². The third-order valence-corrected chi connectivity index (χ3v) is 7.39. The molecule has 0 fully saturated rings. The standard InChI is InChI=1S/C22H25FN2O5S/c1-5-30-21(26)22(2,31(4,27)28)10-11-25-14-16-12-15(6-9-20(16)24-25)18-8-7-17(29-3)13-19(18)23/h6-9,12-14H,5,10-11H2,1-4H3/t22-/m1/s1. The first-order chi connectivity index (χ1) is 14.6. The average molecular weight is 449 g/mol. The summed E-state index contributed by atoms with van der Waals surface area (Å²) in [4.78, 5) is 12.3. The van der Waals surface area contributed by atoms with Crippen LogP contribution in [-0.4, -0.2) is 48.9 Å². The number of rotatable bonds is 8. The van der Waals surface area contributed by atoms with Gasteiger partial charge in [-0.05, 0) is 50.1 Å². The van der Waals surface area contributed by atoms with Crippen molar-refractivity contribution in [2.24, 2.45) is 0 Å². The number of ether oxygens (including phenoxy) is 2. The highest BCUT2D eigenvalue weighted by molar-refractivity contribution is 7.92. The Morgan fingerprint density at radius 3 is 2.58 bits per heavy atom. The number of methoxy groups -OCH3 is 1. The smallest absolute Gasteiger partial charge is 0.327 e. The minimum atomic E-state index is -3.71. The van der Waals surface area contributed by atoms with Crippen LogP contribution in [0.15, 0.2) is 42.6 Å². The molecule has 0 amide bonds. The molecule has 9 heteroatoms. The zero-order chi connectivity index (χ0) is 22.8. The van der Waals surface area contributed by atoms with Crippen molar-refractivity contribution in [2.45, 2.75) is 31.6 Å². The molecule has 0 aliphatic rings. The molecule has 0 unspecified atom stereocenters. The van der Waals surface area contributed by atoms with Crippen LogP contribution in [0.25, 0.3) is 22.0 Å². The number of hydrogen-bond donors (Lipinski definition) is 0. The Bertz CT molecular complexity index is 1220. The molecule has 0 radical (unpaired) electrons. The zero-order valence-electron chi connectivity index (χ0n) is 17.9. The first-order valence-corrected chi connectivity index (χ1v) is 11.7. The van der Waals surface area contributed by atoms with E-state index in [4.69, 9.17) is 9.47 Å². The number of carbonyl (C=O) groups is 1. The highest BCUT2D eigenvalue weighted by atomic mass is 32.2. The first-order valence-electron chi connectivity index (χ1n) is 9.77. The molecule has 2 aromatic carbocycles. The topological polar surface area (TPSA) is 87.5 Å². The number of esters is 1. The number of hydrogen-bond acceptors (Lipinski definition) is 6. The molecule has 3 aromatic rings. The van der Waals surface area contributed by atoms with Crippen LogP contribution >= 0.6 is 0 Å². The van der Waals surface area contributed by atoms with Gasteiger partial charge in [-0.3, -0.25) is 9.48 Å². The van der Waals surface area contributed by atoms with Gasteiger partial charge in [0.2, 0.25) is 0 Å². The van der Waals surface area contributed by atoms with Gasteiger partial charge in [-0.15, -0.1) is 0 Å². The van der Waals surface area contributed by atoms with Gasteiger partial charge in [-0.2, -0.15) is 5.10 Å². The number of halogens is 1. The van der Waals surface area contributed by atoms with Gasteiger partial charge >= 0.3 is 5.97 Å². The van der Waals surface area contributed by atoms with Gasteiger partial charge in [0.05, 0.1) is 19.2 Å². The molecule has 0 aliphatic heterocycles. The molecule has 0 bridgehead atoms. The van der Waals surface area contributed by atoms with Crippen LogP contribution in [0.1, 0.15) is 20.3 Å². The Morgan fingerprint density at radius 1 is 1.23 bits per heavy atom. The molecule has 31 heavy (non-hydrogen) atoms. The van der Waals surface area contributed by atoms with E-state index >= 15 is 0 Å². The van der Waals surface area contributed by atoms with Gasteiger partial charge in [-0.1, -0.05) is 6.07 Å².